The molecule has 8 heteroatoms. The Bertz CT molecular complexity index is 665. The zero-order valence-electron chi connectivity index (χ0n) is 20.6. The predicted molar refractivity (Wildman–Crippen MR) is 123 cm³/mol. The first-order valence-electron chi connectivity index (χ1n) is 12.8. The maximum atomic E-state index is 12.5. The van der Waals surface area contributed by atoms with Crippen LogP contribution in [-0.4, -0.2) is 60.4 Å². The van der Waals surface area contributed by atoms with Gasteiger partial charge in [-0.1, -0.05) is 39.5 Å². The number of ether oxygens (including phenoxy) is 4. The Morgan fingerprint density at radius 3 is 2.33 bits per heavy atom. The first kappa shape index (κ1) is 26.4. The fourth-order valence-corrected chi connectivity index (χ4v) is 5.45. The molecule has 8 nitrogen and oxygen atoms in total. The van der Waals surface area contributed by atoms with Crippen molar-refractivity contribution in [1.82, 2.24) is 0 Å². The molecule has 2 heterocycles. The van der Waals surface area contributed by atoms with Gasteiger partial charge in [0.05, 0.1) is 12.5 Å². The second kappa shape index (κ2) is 11.5. The van der Waals surface area contributed by atoms with Crippen molar-refractivity contribution in [3.05, 3.63) is 0 Å². The molecule has 0 bridgehead atoms. The second-order valence-electron chi connectivity index (χ2n) is 10.5. The summed E-state index contributed by atoms with van der Waals surface area (Å²) < 4.78 is 23.7. The smallest absolute Gasteiger partial charge is 0.306 e. The molecule has 3 fully saturated rings. The third kappa shape index (κ3) is 6.90. The van der Waals surface area contributed by atoms with Crippen LogP contribution in [0.2, 0.25) is 0 Å². The summed E-state index contributed by atoms with van der Waals surface area (Å²) in [5.74, 6) is -0.494. The molecule has 6 atom stereocenters. The van der Waals surface area contributed by atoms with Gasteiger partial charge in [0, 0.05) is 20.0 Å². The molecule has 0 aromatic carbocycles. The van der Waals surface area contributed by atoms with Crippen molar-refractivity contribution in [3.8, 4) is 0 Å². The van der Waals surface area contributed by atoms with E-state index in [9.17, 15) is 9.59 Å². The highest BCUT2D eigenvalue weighted by molar-refractivity contribution is 5.69. The number of carboxylic acids is 1. The fourth-order valence-electron chi connectivity index (χ4n) is 5.45. The molecule has 0 radical (unpaired) electrons. The lowest BCUT2D eigenvalue weighted by atomic mass is 9.70. The molecule has 0 aromatic heterocycles. The number of epoxide rings is 2. The first-order chi connectivity index (χ1) is 15.7. The number of aliphatic carboxylic acids is 1. The molecule has 1 aliphatic carbocycles. The number of carboxylic acid groups (broad SMARTS) is 1. The zero-order chi connectivity index (χ0) is 24.1. The molecule has 3 aliphatic rings. The van der Waals surface area contributed by atoms with Crippen molar-refractivity contribution in [2.75, 3.05) is 13.7 Å². The molecule has 0 aromatic rings. The number of esters is 1. The van der Waals surface area contributed by atoms with E-state index in [1.165, 1.54) is 0 Å². The van der Waals surface area contributed by atoms with E-state index in [1.54, 1.807) is 7.11 Å². The van der Waals surface area contributed by atoms with Crippen LogP contribution in [0.4, 0.5) is 0 Å². The third-order valence-electron chi connectivity index (χ3n) is 7.49. The summed E-state index contributed by atoms with van der Waals surface area (Å²) in [5.41, 5.74) is 5.64. The molecule has 1 saturated carbocycles. The SMILES string of the molecule is CO[C@@H]1[C@H](OC(=O)CCCCCCCCC(=O)O)CC[C@]2(CO2)[C@H]1[C@@]1(N)O[C@@H]1CCC(C)C. The van der Waals surface area contributed by atoms with Crippen LogP contribution in [0.1, 0.15) is 90.9 Å². The van der Waals surface area contributed by atoms with E-state index in [0.717, 1.165) is 51.4 Å². The Kier molecular flexibility index (Phi) is 9.17. The average molecular weight is 470 g/mol. The molecular formula is C25H43NO7. The van der Waals surface area contributed by atoms with E-state index >= 15 is 0 Å². The standard InChI is InChI=1S/C25H43NO7/c1-17(2)12-13-19-25(26,33-19)23-22(30-3)18(14-15-24(23)16-31-24)32-21(29)11-9-7-5-4-6-8-10-20(27)28/h17-19,22-23H,4-16,26H2,1-3H3,(H,27,28)/t18-,19-,22-,23+,24+,25+/m1/s1. The molecule has 0 amide bonds. The van der Waals surface area contributed by atoms with E-state index in [4.69, 9.17) is 29.8 Å². The lowest BCUT2D eigenvalue weighted by Gasteiger charge is -2.42. The summed E-state index contributed by atoms with van der Waals surface area (Å²) in [6, 6.07) is 0. The van der Waals surface area contributed by atoms with E-state index < -0.39 is 11.7 Å². The number of carbonyl (C=O) groups excluding carboxylic acids is 1. The summed E-state index contributed by atoms with van der Waals surface area (Å²) in [4.78, 5) is 23.1. The molecule has 33 heavy (non-hydrogen) atoms. The Labute approximate surface area is 197 Å². The minimum atomic E-state index is -0.780. The number of nitrogens with two attached hydrogens (primary N) is 1. The first-order valence-corrected chi connectivity index (χ1v) is 12.8. The van der Waals surface area contributed by atoms with Crippen LogP contribution in [0.15, 0.2) is 0 Å². The van der Waals surface area contributed by atoms with Gasteiger partial charge in [0.25, 0.3) is 0 Å². The fraction of sp³-hybridized carbons (Fsp3) is 0.920. The topological polar surface area (TPSA) is 124 Å². The Morgan fingerprint density at radius 2 is 1.76 bits per heavy atom. The van der Waals surface area contributed by atoms with Gasteiger partial charge in [-0.15, -0.1) is 0 Å². The van der Waals surface area contributed by atoms with E-state index in [0.29, 0.717) is 31.8 Å². The molecule has 3 rings (SSSR count). The molecule has 1 spiro atoms. The van der Waals surface area contributed by atoms with Gasteiger partial charge >= 0.3 is 11.9 Å². The third-order valence-corrected chi connectivity index (χ3v) is 7.49. The lowest BCUT2D eigenvalue weighted by Crippen LogP contribution is -2.59. The highest BCUT2D eigenvalue weighted by Crippen LogP contribution is 2.57. The Balaban J connectivity index is 1.44. The van der Waals surface area contributed by atoms with Crippen LogP contribution in [0, 0.1) is 11.8 Å². The van der Waals surface area contributed by atoms with Crippen LogP contribution in [0.3, 0.4) is 0 Å². The van der Waals surface area contributed by atoms with Gasteiger partial charge in [0.1, 0.15) is 23.9 Å². The van der Waals surface area contributed by atoms with Crippen LogP contribution in [-0.2, 0) is 28.5 Å². The normalized spacial score (nSPS) is 35.1. The molecule has 0 unspecified atom stereocenters. The van der Waals surface area contributed by atoms with E-state index in [-0.39, 0.29) is 42.2 Å². The van der Waals surface area contributed by atoms with Crippen molar-refractivity contribution in [1.29, 1.82) is 0 Å². The minimum Gasteiger partial charge on any atom is -0.481 e. The van der Waals surface area contributed by atoms with Gasteiger partial charge in [0.2, 0.25) is 0 Å². The lowest BCUT2D eigenvalue weighted by molar-refractivity contribution is -0.172. The number of hydrogen-bond donors (Lipinski definition) is 2. The van der Waals surface area contributed by atoms with Gasteiger partial charge in [0.15, 0.2) is 5.72 Å². The van der Waals surface area contributed by atoms with Crippen molar-refractivity contribution >= 4 is 11.9 Å². The summed E-state index contributed by atoms with van der Waals surface area (Å²) in [7, 11) is 1.65. The number of hydrogen-bond acceptors (Lipinski definition) is 7. The maximum Gasteiger partial charge on any atom is 0.306 e. The Morgan fingerprint density at radius 1 is 1.12 bits per heavy atom. The van der Waals surface area contributed by atoms with Crippen molar-refractivity contribution < 1.29 is 33.6 Å². The molecule has 190 valence electrons. The van der Waals surface area contributed by atoms with Gasteiger partial charge < -0.3 is 29.8 Å². The monoisotopic (exact) mass is 469 g/mol. The highest BCUT2D eigenvalue weighted by atomic mass is 16.6. The average Bonchev–Trinajstić information content (AvgIpc) is 3.67. The predicted octanol–water partition coefficient (Wildman–Crippen LogP) is 3.79. The molecule has 2 saturated heterocycles. The van der Waals surface area contributed by atoms with Crippen LogP contribution in [0.25, 0.3) is 0 Å². The molecule has 2 aliphatic heterocycles. The quantitative estimate of drug-likeness (QED) is 0.211. The zero-order valence-corrected chi connectivity index (χ0v) is 20.6. The number of methoxy groups -OCH3 is 1. The number of carbonyl (C=O) groups is 2. The van der Waals surface area contributed by atoms with E-state index in [1.807, 2.05) is 0 Å². The maximum absolute atomic E-state index is 12.5. The van der Waals surface area contributed by atoms with Crippen LogP contribution >= 0.6 is 0 Å². The summed E-state index contributed by atoms with van der Waals surface area (Å²) in [6.45, 7) is 5.04. The largest absolute Gasteiger partial charge is 0.481 e. The van der Waals surface area contributed by atoms with Crippen molar-refractivity contribution in [2.45, 2.75) is 121 Å². The number of unbranched alkanes of at least 4 members (excludes halogenated alkanes) is 5. The van der Waals surface area contributed by atoms with Crippen LogP contribution < -0.4 is 5.73 Å². The van der Waals surface area contributed by atoms with Crippen LogP contribution in [0.5, 0.6) is 0 Å². The van der Waals surface area contributed by atoms with Crippen molar-refractivity contribution in [2.24, 2.45) is 17.6 Å². The van der Waals surface area contributed by atoms with Gasteiger partial charge in [-0.05, 0) is 44.4 Å². The minimum absolute atomic E-state index is 0.00595. The Hall–Kier alpha value is -1.22. The van der Waals surface area contributed by atoms with Crippen molar-refractivity contribution in [3.63, 3.8) is 0 Å². The molecule has 3 N–H and O–H groups in total. The second-order valence-corrected chi connectivity index (χ2v) is 10.5. The number of rotatable bonds is 15. The highest BCUT2D eigenvalue weighted by Gasteiger charge is 2.73. The van der Waals surface area contributed by atoms with Gasteiger partial charge in [-0.2, -0.15) is 0 Å². The van der Waals surface area contributed by atoms with Gasteiger partial charge in [-0.25, -0.2) is 0 Å². The summed E-state index contributed by atoms with van der Waals surface area (Å²) in [5, 5.41) is 8.66. The summed E-state index contributed by atoms with van der Waals surface area (Å²) >= 11 is 0. The van der Waals surface area contributed by atoms with E-state index in [2.05, 4.69) is 13.8 Å². The van der Waals surface area contributed by atoms with Gasteiger partial charge in [-0.3, -0.25) is 9.59 Å². The molecular weight excluding hydrogens is 426 g/mol. The summed E-state index contributed by atoms with van der Waals surface area (Å²) in [6.07, 6.45) is 8.76.